The van der Waals surface area contributed by atoms with Gasteiger partial charge in [0.25, 0.3) is 5.91 Å². The molecular formula is C19H28N4O3S. The van der Waals surface area contributed by atoms with Crippen molar-refractivity contribution in [2.75, 3.05) is 46.4 Å². The van der Waals surface area contributed by atoms with Crippen LogP contribution in [0.1, 0.15) is 33.8 Å². The lowest BCUT2D eigenvalue weighted by atomic mass is 9.64. The summed E-state index contributed by atoms with van der Waals surface area (Å²) >= 11 is 1.48. The van der Waals surface area contributed by atoms with Crippen molar-refractivity contribution in [3.8, 4) is 0 Å². The number of primary amides is 1. The maximum Gasteiger partial charge on any atom is 0.317 e. The average Bonchev–Trinajstić information content (AvgIpc) is 3.28. The van der Waals surface area contributed by atoms with E-state index in [0.717, 1.165) is 57.0 Å². The summed E-state index contributed by atoms with van der Waals surface area (Å²) < 4.78 is 6.23. The van der Waals surface area contributed by atoms with Gasteiger partial charge in [-0.05, 0) is 25.0 Å². The number of likely N-dealkylation sites (tertiary alicyclic amines) is 1. The Kier molecular flexibility index (Phi) is 5.13. The summed E-state index contributed by atoms with van der Waals surface area (Å²) in [7, 11) is 1.80. The van der Waals surface area contributed by atoms with Crippen LogP contribution < -0.4 is 11.1 Å². The Balaban J connectivity index is 1.51. The molecule has 3 heterocycles. The summed E-state index contributed by atoms with van der Waals surface area (Å²) in [5.41, 5.74) is 5.15. The fourth-order valence-electron chi connectivity index (χ4n) is 5.21. The summed E-state index contributed by atoms with van der Waals surface area (Å²) in [6.07, 6.45) is 3.46. The molecule has 8 heteroatoms. The van der Waals surface area contributed by atoms with E-state index in [1.165, 1.54) is 17.8 Å². The molecule has 148 valence electrons. The van der Waals surface area contributed by atoms with Crippen molar-refractivity contribution in [3.05, 3.63) is 21.9 Å². The first-order valence-corrected chi connectivity index (χ1v) is 10.6. The number of hydrogen-bond acceptors (Lipinski definition) is 5. The molecule has 1 aliphatic carbocycles. The normalized spacial score (nSPS) is 31.1. The summed E-state index contributed by atoms with van der Waals surface area (Å²) in [6.45, 7) is 5.14. The lowest BCUT2D eigenvalue weighted by Crippen LogP contribution is -2.59. The first-order chi connectivity index (χ1) is 13.0. The van der Waals surface area contributed by atoms with Gasteiger partial charge in [-0.15, -0.1) is 11.3 Å². The first-order valence-electron chi connectivity index (χ1n) is 9.75. The zero-order valence-corrected chi connectivity index (χ0v) is 16.6. The van der Waals surface area contributed by atoms with E-state index in [1.807, 2.05) is 17.0 Å². The molecule has 3 aliphatic rings. The molecule has 3 fully saturated rings. The average molecular weight is 393 g/mol. The third kappa shape index (κ3) is 3.23. The summed E-state index contributed by atoms with van der Waals surface area (Å²) in [5, 5.41) is 2.86. The molecule has 0 radical (unpaired) electrons. The number of ether oxygens (including phenoxy) is 1. The smallest absolute Gasteiger partial charge is 0.317 e. The Hall–Kier alpha value is -1.64. The van der Waals surface area contributed by atoms with Gasteiger partial charge < -0.3 is 25.6 Å². The number of amides is 3. The van der Waals surface area contributed by atoms with E-state index in [-0.39, 0.29) is 17.5 Å². The number of carbonyl (C=O) groups is 2. The number of hydrogen-bond donors (Lipinski definition) is 2. The Labute approximate surface area is 163 Å². The van der Waals surface area contributed by atoms with Crippen LogP contribution in [-0.2, 0) is 10.3 Å². The minimum absolute atomic E-state index is 0.0519. The fourth-order valence-corrected chi connectivity index (χ4v) is 6.40. The van der Waals surface area contributed by atoms with Crippen LogP contribution in [-0.4, -0.2) is 68.1 Å². The van der Waals surface area contributed by atoms with Gasteiger partial charge in [0.2, 0.25) is 0 Å². The number of nitrogens with one attached hydrogen (secondary N) is 1. The molecule has 2 aliphatic heterocycles. The standard InChI is InChI=1S/C19H28N4O3S/c1-26-19(16-6-5-15(27-16)17(20)24)13-3-2-4-14(19)12-22(11-13)9-10-23-8-7-21-18(23)25/h5-6,13-14H,2-4,7-12H2,1H3,(H2,20,24)(H,21,25)/t13-,14+,19+. The van der Waals surface area contributed by atoms with Crippen molar-refractivity contribution in [1.29, 1.82) is 0 Å². The van der Waals surface area contributed by atoms with Gasteiger partial charge >= 0.3 is 6.03 Å². The van der Waals surface area contributed by atoms with Crippen LogP contribution in [0.25, 0.3) is 0 Å². The summed E-state index contributed by atoms with van der Waals surface area (Å²) in [5.74, 6) is 0.410. The molecule has 0 unspecified atom stereocenters. The van der Waals surface area contributed by atoms with Gasteiger partial charge in [-0.1, -0.05) is 6.42 Å². The molecule has 1 aromatic heterocycles. The van der Waals surface area contributed by atoms with Gasteiger partial charge in [0.15, 0.2) is 0 Å². The lowest BCUT2D eigenvalue weighted by Gasteiger charge is -2.55. The molecule has 3 amide bonds. The third-order valence-electron chi connectivity index (χ3n) is 6.48. The highest BCUT2D eigenvalue weighted by Gasteiger charge is 2.53. The van der Waals surface area contributed by atoms with Crippen LogP contribution in [0.15, 0.2) is 12.1 Å². The topological polar surface area (TPSA) is 87.9 Å². The molecule has 2 saturated heterocycles. The van der Waals surface area contributed by atoms with E-state index in [4.69, 9.17) is 10.5 Å². The number of urea groups is 1. The third-order valence-corrected chi connectivity index (χ3v) is 7.71. The Morgan fingerprint density at radius 3 is 2.63 bits per heavy atom. The van der Waals surface area contributed by atoms with Crippen LogP contribution in [0, 0.1) is 11.8 Å². The quantitative estimate of drug-likeness (QED) is 0.767. The van der Waals surface area contributed by atoms with Crippen molar-refractivity contribution in [2.45, 2.75) is 24.9 Å². The second kappa shape index (κ2) is 7.41. The maximum absolute atomic E-state index is 11.8. The lowest BCUT2D eigenvalue weighted by molar-refractivity contribution is -0.166. The van der Waals surface area contributed by atoms with Crippen LogP contribution in [0.2, 0.25) is 0 Å². The number of nitrogens with zero attached hydrogens (tertiary/aromatic N) is 2. The van der Waals surface area contributed by atoms with Gasteiger partial charge in [0, 0.05) is 63.1 Å². The number of nitrogens with two attached hydrogens (primary N) is 1. The SMILES string of the molecule is CO[C@@]1(c2ccc(C(N)=O)s2)[C@@H]2CCC[C@H]1CN(CCN1CCNC1=O)C2. The van der Waals surface area contributed by atoms with E-state index < -0.39 is 0 Å². The van der Waals surface area contributed by atoms with Gasteiger partial charge in [-0.3, -0.25) is 4.79 Å². The van der Waals surface area contributed by atoms with Crippen molar-refractivity contribution >= 4 is 23.3 Å². The van der Waals surface area contributed by atoms with Crippen LogP contribution in [0.3, 0.4) is 0 Å². The minimum atomic E-state index is -0.371. The molecule has 0 aromatic carbocycles. The van der Waals surface area contributed by atoms with Gasteiger partial charge in [-0.2, -0.15) is 0 Å². The zero-order valence-electron chi connectivity index (χ0n) is 15.8. The fraction of sp³-hybridized carbons (Fsp3) is 0.684. The van der Waals surface area contributed by atoms with Gasteiger partial charge in [0.05, 0.1) is 4.88 Å². The molecule has 27 heavy (non-hydrogen) atoms. The largest absolute Gasteiger partial charge is 0.372 e. The number of methoxy groups -OCH3 is 1. The highest BCUT2D eigenvalue weighted by atomic mass is 32.1. The first kappa shape index (κ1) is 18.7. The van der Waals surface area contributed by atoms with Crippen molar-refractivity contribution in [1.82, 2.24) is 15.1 Å². The number of thiophene rings is 1. The maximum atomic E-state index is 11.8. The molecule has 1 aromatic rings. The Bertz CT molecular complexity index is 708. The van der Waals surface area contributed by atoms with Gasteiger partial charge in [-0.25, -0.2) is 4.79 Å². The number of rotatable bonds is 6. The van der Waals surface area contributed by atoms with E-state index >= 15 is 0 Å². The molecule has 7 nitrogen and oxygen atoms in total. The van der Waals surface area contributed by atoms with Crippen molar-refractivity contribution in [2.24, 2.45) is 17.6 Å². The molecule has 1 saturated carbocycles. The molecule has 3 atom stereocenters. The number of fused-ring (bicyclic) bond motifs is 2. The van der Waals surface area contributed by atoms with Crippen LogP contribution in [0.5, 0.6) is 0 Å². The second-order valence-corrected chi connectivity index (χ2v) is 8.91. The van der Waals surface area contributed by atoms with Crippen molar-refractivity contribution in [3.63, 3.8) is 0 Å². The monoisotopic (exact) mass is 392 g/mol. The van der Waals surface area contributed by atoms with E-state index in [0.29, 0.717) is 16.7 Å². The van der Waals surface area contributed by atoms with E-state index in [9.17, 15) is 9.59 Å². The molecule has 0 spiro atoms. The van der Waals surface area contributed by atoms with Crippen molar-refractivity contribution < 1.29 is 14.3 Å². The van der Waals surface area contributed by atoms with Crippen LogP contribution >= 0.6 is 11.3 Å². The second-order valence-electron chi connectivity index (χ2n) is 7.83. The highest BCUT2D eigenvalue weighted by molar-refractivity contribution is 7.14. The Morgan fingerprint density at radius 1 is 1.33 bits per heavy atom. The highest BCUT2D eigenvalue weighted by Crippen LogP contribution is 2.53. The van der Waals surface area contributed by atoms with Gasteiger partial charge in [0.1, 0.15) is 5.60 Å². The van der Waals surface area contributed by atoms with E-state index in [2.05, 4.69) is 10.2 Å². The van der Waals surface area contributed by atoms with E-state index in [1.54, 1.807) is 7.11 Å². The number of piperidine rings is 1. The molecule has 2 bridgehead atoms. The Morgan fingerprint density at radius 2 is 2.07 bits per heavy atom. The molecular weight excluding hydrogens is 364 g/mol. The predicted molar refractivity (Wildman–Crippen MR) is 104 cm³/mol. The minimum Gasteiger partial charge on any atom is -0.372 e. The summed E-state index contributed by atoms with van der Waals surface area (Å²) in [6, 6.07) is 3.91. The summed E-state index contributed by atoms with van der Waals surface area (Å²) in [4.78, 5) is 29.5. The molecule has 4 rings (SSSR count). The number of carbonyl (C=O) groups excluding carboxylic acids is 2. The van der Waals surface area contributed by atoms with Crippen LogP contribution in [0.4, 0.5) is 4.79 Å². The zero-order chi connectivity index (χ0) is 19.0. The molecule has 3 N–H and O–H groups in total. The predicted octanol–water partition coefficient (Wildman–Crippen LogP) is 1.45.